The van der Waals surface area contributed by atoms with Crippen molar-refractivity contribution in [1.82, 2.24) is 14.4 Å². The Labute approximate surface area is 180 Å². The zero-order chi connectivity index (χ0) is 21.1. The molecule has 1 aromatic carbocycles. The van der Waals surface area contributed by atoms with E-state index in [4.69, 9.17) is 4.74 Å². The normalized spacial score (nSPS) is 17.8. The summed E-state index contributed by atoms with van der Waals surface area (Å²) in [6.45, 7) is 8.94. The van der Waals surface area contributed by atoms with E-state index in [0.29, 0.717) is 0 Å². The van der Waals surface area contributed by atoms with Crippen LogP contribution in [0.15, 0.2) is 30.5 Å². The van der Waals surface area contributed by atoms with Crippen LogP contribution in [-0.4, -0.2) is 73.2 Å². The Bertz CT molecular complexity index is 883. The third-order valence-electron chi connectivity index (χ3n) is 6.54. The molecule has 2 aliphatic heterocycles. The Kier molecular flexibility index (Phi) is 6.32. The third-order valence-corrected chi connectivity index (χ3v) is 6.54. The largest absolute Gasteiger partial charge is 0.495 e. The highest BCUT2D eigenvalue weighted by molar-refractivity contribution is 5.97. The number of benzene rings is 1. The van der Waals surface area contributed by atoms with Crippen molar-refractivity contribution in [3.63, 3.8) is 0 Å². The molecule has 0 saturated carbocycles. The molecule has 1 aromatic heterocycles. The van der Waals surface area contributed by atoms with Crippen LogP contribution in [0, 0.1) is 6.92 Å². The van der Waals surface area contributed by atoms with E-state index in [0.717, 1.165) is 82.0 Å². The Hall–Kier alpha value is -2.47. The van der Waals surface area contributed by atoms with Crippen LogP contribution in [0.3, 0.4) is 0 Å². The minimum atomic E-state index is 0.224. The monoisotopic (exact) mass is 410 g/mol. The highest BCUT2D eigenvalue weighted by Gasteiger charge is 2.26. The first-order valence-electron chi connectivity index (χ1n) is 11.1. The van der Waals surface area contributed by atoms with E-state index in [1.807, 2.05) is 12.1 Å². The summed E-state index contributed by atoms with van der Waals surface area (Å²) < 4.78 is 7.65. The van der Waals surface area contributed by atoms with Gasteiger partial charge in [0, 0.05) is 58.2 Å². The highest BCUT2D eigenvalue weighted by atomic mass is 16.5. The van der Waals surface area contributed by atoms with Gasteiger partial charge in [-0.15, -0.1) is 0 Å². The van der Waals surface area contributed by atoms with Gasteiger partial charge < -0.3 is 19.1 Å². The van der Waals surface area contributed by atoms with Crippen LogP contribution in [0.4, 0.5) is 5.69 Å². The van der Waals surface area contributed by atoms with Crippen LogP contribution in [0.1, 0.15) is 34.5 Å². The summed E-state index contributed by atoms with van der Waals surface area (Å²) >= 11 is 0. The van der Waals surface area contributed by atoms with E-state index in [1.165, 1.54) is 11.4 Å². The Balaban J connectivity index is 1.27. The Morgan fingerprint density at radius 1 is 1.03 bits per heavy atom. The van der Waals surface area contributed by atoms with Gasteiger partial charge in [-0.1, -0.05) is 12.1 Å². The number of rotatable bonds is 6. The molecular weight excluding hydrogens is 376 g/mol. The average molecular weight is 411 g/mol. The minimum Gasteiger partial charge on any atom is -0.495 e. The van der Waals surface area contributed by atoms with Crippen LogP contribution in [-0.2, 0) is 13.5 Å². The van der Waals surface area contributed by atoms with Crippen molar-refractivity contribution in [1.29, 1.82) is 0 Å². The Morgan fingerprint density at radius 3 is 2.57 bits per heavy atom. The second kappa shape index (κ2) is 9.13. The van der Waals surface area contributed by atoms with Gasteiger partial charge in [-0.25, -0.2) is 0 Å². The molecule has 0 bridgehead atoms. The summed E-state index contributed by atoms with van der Waals surface area (Å²) in [4.78, 5) is 20.1. The lowest BCUT2D eigenvalue weighted by atomic mass is 10.1. The quantitative estimate of drug-likeness (QED) is 0.734. The SMILES string of the molecule is COc1ccccc1N1CCN(CCCN2CCCc3c(c(C)cn3C)C2=O)CC1. The van der Waals surface area contributed by atoms with Gasteiger partial charge in [-0.2, -0.15) is 0 Å². The summed E-state index contributed by atoms with van der Waals surface area (Å²) in [5, 5.41) is 0. The second-order valence-electron chi connectivity index (χ2n) is 8.49. The number of nitrogens with zero attached hydrogens (tertiary/aromatic N) is 4. The third kappa shape index (κ3) is 4.19. The van der Waals surface area contributed by atoms with Crippen molar-refractivity contribution in [2.45, 2.75) is 26.2 Å². The van der Waals surface area contributed by atoms with Crippen LogP contribution >= 0.6 is 0 Å². The lowest BCUT2D eigenvalue weighted by molar-refractivity contribution is 0.0752. The molecule has 1 fully saturated rings. The molecule has 1 amide bonds. The van der Waals surface area contributed by atoms with Crippen molar-refractivity contribution in [2.75, 3.05) is 57.8 Å². The fourth-order valence-electron chi connectivity index (χ4n) is 4.93. The lowest BCUT2D eigenvalue weighted by Gasteiger charge is -2.36. The van der Waals surface area contributed by atoms with Crippen LogP contribution in [0.5, 0.6) is 5.75 Å². The van der Waals surface area contributed by atoms with Crippen LogP contribution in [0.25, 0.3) is 0 Å². The number of carbonyl (C=O) groups excluding carboxylic acids is 1. The first kappa shape index (κ1) is 20.8. The molecule has 162 valence electrons. The molecule has 1 saturated heterocycles. The first-order valence-corrected chi connectivity index (χ1v) is 11.1. The molecule has 0 unspecified atom stereocenters. The molecule has 0 N–H and O–H groups in total. The second-order valence-corrected chi connectivity index (χ2v) is 8.49. The molecule has 0 spiro atoms. The maximum atomic E-state index is 13.1. The molecule has 6 heteroatoms. The van der Waals surface area contributed by atoms with E-state index < -0.39 is 0 Å². The topological polar surface area (TPSA) is 41.0 Å². The van der Waals surface area contributed by atoms with E-state index in [2.05, 4.69) is 51.6 Å². The predicted octanol–water partition coefficient (Wildman–Crippen LogP) is 2.94. The number of fused-ring (bicyclic) bond motifs is 1. The van der Waals surface area contributed by atoms with Gasteiger partial charge in [0.05, 0.1) is 18.4 Å². The molecule has 2 aliphatic rings. The summed E-state index contributed by atoms with van der Waals surface area (Å²) in [6, 6.07) is 8.25. The molecule has 2 aromatic rings. The van der Waals surface area contributed by atoms with Gasteiger partial charge in [-0.05, 0) is 50.4 Å². The number of ether oxygens (including phenoxy) is 1. The van der Waals surface area contributed by atoms with E-state index in [1.54, 1.807) is 7.11 Å². The van der Waals surface area contributed by atoms with Gasteiger partial charge >= 0.3 is 0 Å². The van der Waals surface area contributed by atoms with Crippen molar-refractivity contribution >= 4 is 11.6 Å². The maximum absolute atomic E-state index is 13.1. The number of amides is 1. The van der Waals surface area contributed by atoms with Crippen molar-refractivity contribution in [2.24, 2.45) is 7.05 Å². The molecule has 0 radical (unpaired) electrons. The standard InChI is InChI=1S/C24H34N4O2/c1-19-18-25(2)21-9-6-12-28(24(29)23(19)21)13-7-11-26-14-16-27(17-15-26)20-8-4-5-10-22(20)30-3/h4-5,8,10,18H,6-7,9,11-17H2,1-3H3. The fourth-order valence-corrected chi connectivity index (χ4v) is 4.93. The van der Waals surface area contributed by atoms with Crippen molar-refractivity contribution in [3.8, 4) is 5.75 Å². The van der Waals surface area contributed by atoms with E-state index in [-0.39, 0.29) is 5.91 Å². The number of anilines is 1. The highest BCUT2D eigenvalue weighted by Crippen LogP contribution is 2.28. The summed E-state index contributed by atoms with van der Waals surface area (Å²) in [5.74, 6) is 1.17. The Morgan fingerprint density at radius 2 is 1.80 bits per heavy atom. The predicted molar refractivity (Wildman–Crippen MR) is 121 cm³/mol. The van der Waals surface area contributed by atoms with Gasteiger partial charge in [0.15, 0.2) is 0 Å². The lowest BCUT2D eigenvalue weighted by Crippen LogP contribution is -2.47. The number of piperazine rings is 1. The molecule has 30 heavy (non-hydrogen) atoms. The zero-order valence-corrected chi connectivity index (χ0v) is 18.6. The molecule has 4 rings (SSSR count). The molecular formula is C24H34N4O2. The molecule has 0 atom stereocenters. The number of aryl methyl sites for hydroxylation is 2. The maximum Gasteiger partial charge on any atom is 0.255 e. The van der Waals surface area contributed by atoms with Crippen molar-refractivity contribution < 1.29 is 9.53 Å². The number of hydrogen-bond acceptors (Lipinski definition) is 4. The molecule has 0 aliphatic carbocycles. The van der Waals surface area contributed by atoms with Gasteiger partial charge in [0.25, 0.3) is 5.91 Å². The van der Waals surface area contributed by atoms with Gasteiger partial charge in [0.1, 0.15) is 5.75 Å². The molecule has 6 nitrogen and oxygen atoms in total. The van der Waals surface area contributed by atoms with Crippen LogP contribution in [0.2, 0.25) is 0 Å². The number of para-hydroxylation sites is 2. The molecule has 3 heterocycles. The van der Waals surface area contributed by atoms with Gasteiger partial charge in [-0.3, -0.25) is 9.69 Å². The van der Waals surface area contributed by atoms with E-state index in [9.17, 15) is 4.79 Å². The number of hydrogen-bond donors (Lipinski definition) is 0. The number of carbonyl (C=O) groups is 1. The summed E-state index contributed by atoms with van der Waals surface area (Å²) in [5.41, 5.74) is 4.44. The minimum absolute atomic E-state index is 0.224. The first-order chi connectivity index (χ1) is 14.6. The zero-order valence-electron chi connectivity index (χ0n) is 18.6. The summed E-state index contributed by atoms with van der Waals surface area (Å²) in [7, 11) is 3.79. The van der Waals surface area contributed by atoms with Crippen LogP contribution < -0.4 is 9.64 Å². The van der Waals surface area contributed by atoms with Crippen molar-refractivity contribution in [3.05, 3.63) is 47.3 Å². The summed E-state index contributed by atoms with van der Waals surface area (Å²) in [6.07, 6.45) is 5.16. The van der Waals surface area contributed by atoms with E-state index >= 15 is 0 Å². The fraction of sp³-hybridized carbons (Fsp3) is 0.542. The number of aromatic nitrogens is 1. The number of methoxy groups -OCH3 is 1. The smallest absolute Gasteiger partial charge is 0.255 e. The van der Waals surface area contributed by atoms with Gasteiger partial charge in [0.2, 0.25) is 0 Å². The average Bonchev–Trinajstić information content (AvgIpc) is 2.94.